The number of amides is 1. The van der Waals surface area contributed by atoms with Crippen molar-refractivity contribution in [2.75, 3.05) is 13.2 Å². The molecule has 0 saturated carbocycles. The Kier molecular flexibility index (Phi) is 5.27. The second-order valence-electron chi connectivity index (χ2n) is 5.87. The lowest BCUT2D eigenvalue weighted by Crippen LogP contribution is -2.29. The summed E-state index contributed by atoms with van der Waals surface area (Å²) in [6.45, 7) is 1.49. The smallest absolute Gasteiger partial charge is 0.345 e. The molecular weight excluding hydrogens is 326 g/mol. The standard InChI is InChI=1S/C18H19NO4S/c20-17(15-6-7-16(24-15)18(21)22)19-14(10-12-8-9-23-11-12)13-4-2-1-3-5-13/h1-7,12,14H,8-11H2,(H,19,20)(H,21,22). The Morgan fingerprint density at radius 2 is 1.96 bits per heavy atom. The van der Waals surface area contributed by atoms with E-state index in [4.69, 9.17) is 9.84 Å². The molecule has 2 atom stereocenters. The molecule has 1 amide bonds. The molecule has 2 aromatic rings. The normalized spacial score (nSPS) is 18.2. The second-order valence-corrected chi connectivity index (χ2v) is 6.95. The van der Waals surface area contributed by atoms with E-state index < -0.39 is 5.97 Å². The predicted octanol–water partition coefficient (Wildman–Crippen LogP) is 3.34. The first-order chi connectivity index (χ1) is 11.6. The van der Waals surface area contributed by atoms with Crippen LogP contribution in [-0.4, -0.2) is 30.2 Å². The predicted molar refractivity (Wildman–Crippen MR) is 91.5 cm³/mol. The zero-order valence-corrected chi connectivity index (χ0v) is 13.9. The number of hydrogen-bond acceptors (Lipinski definition) is 4. The maximum atomic E-state index is 12.5. The van der Waals surface area contributed by atoms with Crippen molar-refractivity contribution >= 4 is 23.2 Å². The minimum atomic E-state index is -1.01. The molecule has 5 nitrogen and oxygen atoms in total. The van der Waals surface area contributed by atoms with Gasteiger partial charge in [-0.3, -0.25) is 4.79 Å². The van der Waals surface area contributed by atoms with E-state index in [0.717, 1.165) is 43.0 Å². The Balaban J connectivity index is 1.74. The van der Waals surface area contributed by atoms with Crippen LogP contribution in [0.5, 0.6) is 0 Å². The van der Waals surface area contributed by atoms with Gasteiger partial charge in [-0.05, 0) is 36.5 Å². The van der Waals surface area contributed by atoms with E-state index in [2.05, 4.69) is 5.32 Å². The highest BCUT2D eigenvalue weighted by molar-refractivity contribution is 7.15. The number of carbonyl (C=O) groups is 2. The molecule has 1 aromatic carbocycles. The molecule has 1 aliphatic heterocycles. The molecular formula is C18H19NO4S. The van der Waals surface area contributed by atoms with Crippen molar-refractivity contribution in [1.82, 2.24) is 5.32 Å². The maximum Gasteiger partial charge on any atom is 0.345 e. The summed E-state index contributed by atoms with van der Waals surface area (Å²) in [5, 5.41) is 12.0. The van der Waals surface area contributed by atoms with Crippen molar-refractivity contribution in [1.29, 1.82) is 0 Å². The molecule has 2 unspecified atom stereocenters. The Labute approximate surface area is 144 Å². The van der Waals surface area contributed by atoms with Gasteiger partial charge < -0.3 is 15.2 Å². The van der Waals surface area contributed by atoms with E-state index in [-0.39, 0.29) is 16.8 Å². The van der Waals surface area contributed by atoms with Crippen LogP contribution in [0.1, 0.15) is 43.8 Å². The zero-order chi connectivity index (χ0) is 16.9. The van der Waals surface area contributed by atoms with Crippen molar-refractivity contribution < 1.29 is 19.4 Å². The quantitative estimate of drug-likeness (QED) is 0.842. The van der Waals surface area contributed by atoms with Crippen LogP contribution in [0.2, 0.25) is 0 Å². The van der Waals surface area contributed by atoms with Gasteiger partial charge in [-0.1, -0.05) is 30.3 Å². The summed E-state index contributed by atoms with van der Waals surface area (Å²) < 4.78 is 5.44. The number of carboxylic acids is 1. The Morgan fingerprint density at radius 1 is 1.21 bits per heavy atom. The van der Waals surface area contributed by atoms with Crippen LogP contribution in [0.25, 0.3) is 0 Å². The van der Waals surface area contributed by atoms with Crippen molar-refractivity contribution in [2.45, 2.75) is 18.9 Å². The molecule has 1 aliphatic rings. The van der Waals surface area contributed by atoms with Crippen molar-refractivity contribution in [2.24, 2.45) is 5.92 Å². The lowest BCUT2D eigenvalue weighted by Gasteiger charge is -2.21. The highest BCUT2D eigenvalue weighted by Gasteiger charge is 2.24. The van der Waals surface area contributed by atoms with Crippen molar-refractivity contribution in [3.63, 3.8) is 0 Å². The number of thiophene rings is 1. The van der Waals surface area contributed by atoms with Gasteiger partial charge in [0.25, 0.3) is 5.91 Å². The van der Waals surface area contributed by atoms with Crippen LogP contribution >= 0.6 is 11.3 Å². The number of ether oxygens (including phenoxy) is 1. The lowest BCUT2D eigenvalue weighted by atomic mass is 9.94. The monoisotopic (exact) mass is 345 g/mol. The number of carbonyl (C=O) groups excluding carboxylic acids is 1. The van der Waals surface area contributed by atoms with Gasteiger partial charge in [-0.2, -0.15) is 0 Å². The van der Waals surface area contributed by atoms with E-state index in [0.29, 0.717) is 10.8 Å². The first kappa shape index (κ1) is 16.7. The third-order valence-electron chi connectivity index (χ3n) is 4.14. The number of rotatable bonds is 6. The molecule has 2 N–H and O–H groups in total. The van der Waals surface area contributed by atoms with Crippen LogP contribution in [0.15, 0.2) is 42.5 Å². The Hall–Kier alpha value is -2.18. The van der Waals surface area contributed by atoms with Gasteiger partial charge in [0.1, 0.15) is 4.88 Å². The minimum Gasteiger partial charge on any atom is -0.477 e. The molecule has 1 saturated heterocycles. The summed E-state index contributed by atoms with van der Waals surface area (Å²) in [5.41, 5.74) is 1.05. The fraction of sp³-hybridized carbons (Fsp3) is 0.333. The largest absolute Gasteiger partial charge is 0.477 e. The van der Waals surface area contributed by atoms with Crippen molar-refractivity contribution in [3.05, 3.63) is 57.8 Å². The molecule has 0 spiro atoms. The van der Waals surface area contributed by atoms with Gasteiger partial charge >= 0.3 is 5.97 Å². The number of benzene rings is 1. The first-order valence-electron chi connectivity index (χ1n) is 7.90. The Morgan fingerprint density at radius 3 is 2.58 bits per heavy atom. The van der Waals surface area contributed by atoms with Crippen LogP contribution in [0.3, 0.4) is 0 Å². The summed E-state index contributed by atoms with van der Waals surface area (Å²) >= 11 is 0.993. The third-order valence-corrected chi connectivity index (χ3v) is 5.21. The number of hydrogen-bond donors (Lipinski definition) is 2. The van der Waals surface area contributed by atoms with E-state index in [1.54, 1.807) is 6.07 Å². The summed E-state index contributed by atoms with van der Waals surface area (Å²) in [6, 6.07) is 12.8. The molecule has 6 heteroatoms. The summed E-state index contributed by atoms with van der Waals surface area (Å²) in [7, 11) is 0. The highest BCUT2D eigenvalue weighted by atomic mass is 32.1. The fourth-order valence-electron chi connectivity index (χ4n) is 2.87. The topological polar surface area (TPSA) is 75.6 Å². The molecule has 126 valence electrons. The van der Waals surface area contributed by atoms with Gasteiger partial charge in [0, 0.05) is 13.2 Å². The van der Waals surface area contributed by atoms with Gasteiger partial charge in [0.05, 0.1) is 10.9 Å². The van der Waals surface area contributed by atoms with Gasteiger partial charge in [-0.15, -0.1) is 11.3 Å². The molecule has 3 rings (SSSR count). The fourth-order valence-corrected chi connectivity index (χ4v) is 3.62. The van der Waals surface area contributed by atoms with Crippen LogP contribution < -0.4 is 5.32 Å². The van der Waals surface area contributed by atoms with Crippen LogP contribution in [-0.2, 0) is 4.74 Å². The van der Waals surface area contributed by atoms with E-state index in [9.17, 15) is 9.59 Å². The van der Waals surface area contributed by atoms with Crippen LogP contribution in [0, 0.1) is 5.92 Å². The summed E-state index contributed by atoms with van der Waals surface area (Å²) in [5.74, 6) is -0.824. The molecule has 0 bridgehead atoms. The maximum absolute atomic E-state index is 12.5. The van der Waals surface area contributed by atoms with Crippen LogP contribution in [0.4, 0.5) is 0 Å². The summed E-state index contributed by atoms with van der Waals surface area (Å²) in [4.78, 5) is 24.1. The number of aromatic carboxylic acids is 1. The average Bonchev–Trinajstić information content (AvgIpc) is 3.26. The molecule has 2 heterocycles. The zero-order valence-electron chi connectivity index (χ0n) is 13.1. The van der Waals surface area contributed by atoms with Crippen molar-refractivity contribution in [3.8, 4) is 0 Å². The molecule has 0 radical (unpaired) electrons. The molecule has 1 fully saturated rings. The first-order valence-corrected chi connectivity index (χ1v) is 8.72. The van der Waals surface area contributed by atoms with E-state index in [1.165, 1.54) is 6.07 Å². The van der Waals surface area contributed by atoms with Gasteiger partial charge in [0.2, 0.25) is 0 Å². The number of carboxylic acid groups (broad SMARTS) is 1. The van der Waals surface area contributed by atoms with E-state index in [1.807, 2.05) is 30.3 Å². The molecule has 1 aromatic heterocycles. The number of nitrogens with one attached hydrogen (secondary N) is 1. The molecule has 0 aliphatic carbocycles. The van der Waals surface area contributed by atoms with E-state index >= 15 is 0 Å². The highest BCUT2D eigenvalue weighted by Crippen LogP contribution is 2.27. The third kappa shape index (κ3) is 4.01. The Bertz CT molecular complexity index is 707. The minimum absolute atomic E-state index is 0.110. The SMILES string of the molecule is O=C(O)c1ccc(C(=O)NC(CC2CCOC2)c2ccccc2)s1. The van der Waals surface area contributed by atoms with Gasteiger partial charge in [-0.25, -0.2) is 4.79 Å². The second kappa shape index (κ2) is 7.59. The summed E-state index contributed by atoms with van der Waals surface area (Å²) in [6.07, 6.45) is 1.81. The lowest BCUT2D eigenvalue weighted by molar-refractivity contribution is 0.0702. The molecule has 24 heavy (non-hydrogen) atoms. The van der Waals surface area contributed by atoms with Gasteiger partial charge in [0.15, 0.2) is 0 Å². The average molecular weight is 345 g/mol.